The Bertz CT molecular complexity index is 230. The fraction of sp³-hybridized carbons (Fsp3) is 0.400. The summed E-state index contributed by atoms with van der Waals surface area (Å²) in [5.41, 5.74) is 0.978. The molecule has 1 rings (SSSR count). The molecule has 0 bridgehead atoms. The first kappa shape index (κ1) is 9.20. The van der Waals surface area contributed by atoms with Gasteiger partial charge in [0.2, 0.25) is 0 Å². The van der Waals surface area contributed by atoms with Crippen molar-refractivity contribution in [2.45, 2.75) is 25.9 Å². The second-order valence-electron chi connectivity index (χ2n) is 2.89. The minimum Gasteiger partial charge on any atom is -0.393 e. The van der Waals surface area contributed by atoms with Gasteiger partial charge in [0.1, 0.15) is 5.82 Å². The molecule has 1 N–H and O–H groups in total. The Morgan fingerprint density at radius 3 is 2.42 bits per heavy atom. The summed E-state index contributed by atoms with van der Waals surface area (Å²) in [4.78, 5) is 0. The number of halogens is 1. The van der Waals surface area contributed by atoms with Gasteiger partial charge in [-0.1, -0.05) is 19.1 Å². The minimum atomic E-state index is -0.310. The standard InChI is InChI=1S/C10H13FO/c1-2-10(12)7-8-3-5-9(11)6-4-8/h3-6,10,12H,2,7H2,1H3. The summed E-state index contributed by atoms with van der Waals surface area (Å²) in [5, 5.41) is 9.29. The van der Waals surface area contributed by atoms with Gasteiger partial charge in [-0.2, -0.15) is 0 Å². The third kappa shape index (κ3) is 2.62. The van der Waals surface area contributed by atoms with Gasteiger partial charge in [0.25, 0.3) is 0 Å². The zero-order valence-corrected chi connectivity index (χ0v) is 7.13. The Hall–Kier alpha value is -0.890. The molecule has 0 radical (unpaired) electrons. The number of benzene rings is 1. The second-order valence-corrected chi connectivity index (χ2v) is 2.89. The van der Waals surface area contributed by atoms with Crippen molar-refractivity contribution in [3.05, 3.63) is 35.6 Å². The molecule has 1 nitrogen and oxygen atoms in total. The largest absolute Gasteiger partial charge is 0.393 e. The highest BCUT2D eigenvalue weighted by molar-refractivity contribution is 5.16. The van der Waals surface area contributed by atoms with Crippen LogP contribution in [0.5, 0.6) is 0 Å². The van der Waals surface area contributed by atoms with Crippen LogP contribution in [0.1, 0.15) is 18.9 Å². The Kier molecular flexibility index (Phi) is 3.23. The lowest BCUT2D eigenvalue weighted by Crippen LogP contribution is -2.08. The SMILES string of the molecule is CCC(O)Cc1ccc(F)cc1. The van der Waals surface area contributed by atoms with Crippen LogP contribution in [0.2, 0.25) is 0 Å². The van der Waals surface area contributed by atoms with E-state index in [1.165, 1.54) is 12.1 Å². The molecule has 0 heterocycles. The van der Waals surface area contributed by atoms with Crippen molar-refractivity contribution in [2.24, 2.45) is 0 Å². The molecule has 0 amide bonds. The fourth-order valence-corrected chi connectivity index (χ4v) is 1.04. The maximum absolute atomic E-state index is 12.4. The van der Waals surface area contributed by atoms with Crippen LogP contribution in [0.15, 0.2) is 24.3 Å². The third-order valence-corrected chi connectivity index (χ3v) is 1.86. The third-order valence-electron chi connectivity index (χ3n) is 1.86. The quantitative estimate of drug-likeness (QED) is 0.733. The summed E-state index contributed by atoms with van der Waals surface area (Å²) in [5.74, 6) is -0.232. The molecule has 0 aliphatic rings. The van der Waals surface area contributed by atoms with Crippen LogP contribution in [-0.2, 0) is 6.42 Å². The van der Waals surface area contributed by atoms with E-state index >= 15 is 0 Å². The van der Waals surface area contributed by atoms with E-state index in [1.54, 1.807) is 12.1 Å². The van der Waals surface area contributed by atoms with Crippen LogP contribution >= 0.6 is 0 Å². The maximum atomic E-state index is 12.4. The van der Waals surface area contributed by atoms with Crippen LogP contribution in [-0.4, -0.2) is 11.2 Å². The molecule has 66 valence electrons. The molecule has 0 fully saturated rings. The number of rotatable bonds is 3. The highest BCUT2D eigenvalue weighted by Crippen LogP contribution is 2.06. The Labute approximate surface area is 71.9 Å². The van der Waals surface area contributed by atoms with Crippen LogP contribution in [0.3, 0.4) is 0 Å². The molecule has 0 aromatic heterocycles. The molecule has 12 heavy (non-hydrogen) atoms. The lowest BCUT2D eigenvalue weighted by molar-refractivity contribution is 0.171. The van der Waals surface area contributed by atoms with E-state index in [9.17, 15) is 9.50 Å². The molecule has 1 atom stereocenters. The van der Waals surface area contributed by atoms with Crippen molar-refractivity contribution >= 4 is 0 Å². The average molecular weight is 168 g/mol. The minimum absolute atomic E-state index is 0.232. The van der Waals surface area contributed by atoms with Crippen molar-refractivity contribution in [2.75, 3.05) is 0 Å². The van der Waals surface area contributed by atoms with Gasteiger partial charge in [-0.3, -0.25) is 0 Å². The first-order chi connectivity index (χ1) is 5.72. The molecular weight excluding hydrogens is 155 g/mol. The molecular formula is C10H13FO. The van der Waals surface area contributed by atoms with E-state index in [0.29, 0.717) is 6.42 Å². The molecule has 0 aliphatic heterocycles. The monoisotopic (exact) mass is 168 g/mol. The first-order valence-corrected chi connectivity index (χ1v) is 4.15. The summed E-state index contributed by atoms with van der Waals surface area (Å²) in [6.45, 7) is 1.92. The second kappa shape index (κ2) is 4.21. The van der Waals surface area contributed by atoms with Crippen molar-refractivity contribution in [1.82, 2.24) is 0 Å². The van der Waals surface area contributed by atoms with Crippen LogP contribution < -0.4 is 0 Å². The molecule has 1 unspecified atom stereocenters. The molecule has 0 saturated heterocycles. The van der Waals surface area contributed by atoms with Gasteiger partial charge in [0.15, 0.2) is 0 Å². The summed E-state index contributed by atoms with van der Waals surface area (Å²) in [6, 6.07) is 6.23. The first-order valence-electron chi connectivity index (χ1n) is 4.15. The van der Waals surface area contributed by atoms with E-state index in [2.05, 4.69) is 0 Å². The number of hydrogen-bond donors (Lipinski definition) is 1. The molecule has 1 aromatic carbocycles. The highest BCUT2D eigenvalue weighted by Gasteiger charge is 2.01. The Morgan fingerprint density at radius 1 is 1.33 bits per heavy atom. The fourth-order valence-electron chi connectivity index (χ4n) is 1.04. The highest BCUT2D eigenvalue weighted by atomic mass is 19.1. The summed E-state index contributed by atoms with van der Waals surface area (Å²) in [7, 11) is 0. The van der Waals surface area contributed by atoms with E-state index in [0.717, 1.165) is 12.0 Å². The van der Waals surface area contributed by atoms with Gasteiger partial charge in [0.05, 0.1) is 6.10 Å². The Morgan fingerprint density at radius 2 is 1.92 bits per heavy atom. The lowest BCUT2D eigenvalue weighted by atomic mass is 10.1. The summed E-state index contributed by atoms with van der Waals surface area (Å²) < 4.78 is 12.4. The topological polar surface area (TPSA) is 20.2 Å². The average Bonchev–Trinajstić information content (AvgIpc) is 2.09. The summed E-state index contributed by atoms with van der Waals surface area (Å²) in [6.07, 6.45) is 1.03. The van der Waals surface area contributed by atoms with E-state index in [4.69, 9.17) is 0 Å². The zero-order chi connectivity index (χ0) is 8.97. The van der Waals surface area contributed by atoms with Crippen LogP contribution in [0.4, 0.5) is 4.39 Å². The van der Waals surface area contributed by atoms with E-state index in [-0.39, 0.29) is 11.9 Å². The van der Waals surface area contributed by atoms with Gasteiger partial charge in [-0.05, 0) is 30.5 Å². The number of aliphatic hydroxyl groups is 1. The van der Waals surface area contributed by atoms with Gasteiger partial charge in [0, 0.05) is 0 Å². The van der Waals surface area contributed by atoms with Crippen molar-refractivity contribution < 1.29 is 9.50 Å². The predicted molar refractivity (Wildman–Crippen MR) is 46.4 cm³/mol. The molecule has 0 saturated carbocycles. The lowest BCUT2D eigenvalue weighted by Gasteiger charge is -2.06. The van der Waals surface area contributed by atoms with Gasteiger partial charge in [-0.15, -0.1) is 0 Å². The maximum Gasteiger partial charge on any atom is 0.123 e. The normalized spacial score (nSPS) is 12.9. The smallest absolute Gasteiger partial charge is 0.123 e. The van der Waals surface area contributed by atoms with Crippen LogP contribution in [0, 0.1) is 5.82 Å². The van der Waals surface area contributed by atoms with Crippen molar-refractivity contribution in [1.29, 1.82) is 0 Å². The number of hydrogen-bond acceptors (Lipinski definition) is 1. The van der Waals surface area contributed by atoms with Crippen molar-refractivity contribution in [3.8, 4) is 0 Å². The van der Waals surface area contributed by atoms with Crippen LogP contribution in [0.25, 0.3) is 0 Å². The van der Waals surface area contributed by atoms with E-state index < -0.39 is 0 Å². The van der Waals surface area contributed by atoms with Crippen molar-refractivity contribution in [3.63, 3.8) is 0 Å². The molecule has 1 aromatic rings. The molecule has 0 aliphatic carbocycles. The number of aliphatic hydroxyl groups excluding tert-OH is 1. The predicted octanol–water partition coefficient (Wildman–Crippen LogP) is 2.14. The van der Waals surface area contributed by atoms with Gasteiger partial charge in [-0.25, -0.2) is 4.39 Å². The van der Waals surface area contributed by atoms with Gasteiger partial charge < -0.3 is 5.11 Å². The van der Waals surface area contributed by atoms with E-state index in [1.807, 2.05) is 6.92 Å². The molecule has 0 spiro atoms. The molecule has 2 heteroatoms. The Balaban J connectivity index is 2.58. The van der Waals surface area contributed by atoms with Gasteiger partial charge >= 0.3 is 0 Å². The summed E-state index contributed by atoms with van der Waals surface area (Å²) >= 11 is 0. The zero-order valence-electron chi connectivity index (χ0n) is 7.13.